The van der Waals surface area contributed by atoms with Crippen molar-refractivity contribution in [1.29, 1.82) is 0 Å². The smallest absolute Gasteiger partial charge is 0.309 e. The maximum Gasteiger partial charge on any atom is 0.309 e. The number of carbonyl (C=O) groups is 5. The van der Waals surface area contributed by atoms with E-state index in [2.05, 4.69) is 4.98 Å². The molecule has 0 spiro atoms. The lowest BCUT2D eigenvalue weighted by Gasteiger charge is -2.50. The first-order valence-corrected chi connectivity index (χ1v) is 26.8. The molecule has 18 atom stereocenters. The molecule has 3 N–H and O–H groups in total. The number of carbonyl (C=O) groups excluding carboxylic acids is 5. The number of hydrogen-bond acceptors (Lipinski definition) is 20. The SMILES string of the molecule is CCC(=O)O[C@@H]1CC(=O)O[C@H](C)CC(N(C)CCCc2ccnc3ccccc23)C(O)/C=C/[C@H](OC(C)=O)[C@H](C)C[C@H](CC=O)[C@H](O[C@@H]2O[C@H](C)[C@@H](O[C@H]3C[C@@](C)(O)[C@@H](OC(=O)CC)[C@H](C)O3)[C@H](N(C)C)[C@H]2O)[C@H]1OC. The molecule has 0 aliphatic carbocycles. The molecule has 0 saturated carbocycles. The summed E-state index contributed by atoms with van der Waals surface area (Å²) in [5.74, 6) is -3.85. The van der Waals surface area contributed by atoms with E-state index in [1.54, 1.807) is 78.9 Å². The highest BCUT2D eigenvalue weighted by atomic mass is 16.7. The Morgan fingerprint density at radius 1 is 0.895 bits per heavy atom. The lowest BCUT2D eigenvalue weighted by atomic mass is 9.82. The van der Waals surface area contributed by atoms with Crippen LogP contribution in [0.25, 0.3) is 10.9 Å². The van der Waals surface area contributed by atoms with E-state index in [9.17, 15) is 39.3 Å². The average Bonchev–Trinajstić information content (AvgIpc) is 3.36. The number of aldehydes is 1. The number of fused-ring (bicyclic) bond motifs is 1. The minimum Gasteiger partial charge on any atom is -0.462 e. The molecule has 4 heterocycles. The summed E-state index contributed by atoms with van der Waals surface area (Å²) in [7, 11) is 6.72. The number of ether oxygens (including phenoxy) is 9. The van der Waals surface area contributed by atoms with Crippen LogP contribution in [0.4, 0.5) is 0 Å². The Hall–Kier alpha value is -4.48. The first kappa shape index (κ1) is 62.4. The summed E-state index contributed by atoms with van der Waals surface area (Å²) in [6.45, 7) is 13.6. The fourth-order valence-electron chi connectivity index (χ4n) is 11.0. The van der Waals surface area contributed by atoms with Gasteiger partial charge in [0.05, 0.1) is 42.4 Å². The molecular formula is C56H85N3O17. The zero-order valence-electron chi connectivity index (χ0n) is 46.5. The number of rotatable bonds is 18. The van der Waals surface area contributed by atoms with Crippen LogP contribution in [-0.4, -0.2) is 192 Å². The minimum atomic E-state index is -1.53. The van der Waals surface area contributed by atoms with Gasteiger partial charge in [0.2, 0.25) is 0 Å². The topological polar surface area (TPSA) is 248 Å². The van der Waals surface area contributed by atoms with Crippen LogP contribution >= 0.6 is 0 Å². The lowest BCUT2D eigenvalue weighted by molar-refractivity contribution is -0.344. The van der Waals surface area contributed by atoms with Crippen molar-refractivity contribution >= 4 is 41.1 Å². The number of benzene rings is 1. The predicted octanol–water partition coefficient (Wildman–Crippen LogP) is 4.62. The first-order chi connectivity index (χ1) is 36.0. The Morgan fingerprint density at radius 2 is 1.59 bits per heavy atom. The van der Waals surface area contributed by atoms with Crippen LogP contribution in [0.2, 0.25) is 0 Å². The van der Waals surface area contributed by atoms with E-state index in [4.69, 9.17) is 42.6 Å². The van der Waals surface area contributed by atoms with Gasteiger partial charge < -0.3 is 72.5 Å². The highest BCUT2D eigenvalue weighted by molar-refractivity contribution is 5.81. The zero-order valence-corrected chi connectivity index (χ0v) is 46.5. The van der Waals surface area contributed by atoms with Gasteiger partial charge in [-0.25, -0.2) is 0 Å². The van der Waals surface area contributed by atoms with Gasteiger partial charge in [0, 0.05) is 63.8 Å². The third kappa shape index (κ3) is 16.8. The summed E-state index contributed by atoms with van der Waals surface area (Å²) in [6.07, 6.45) is -7.28. The summed E-state index contributed by atoms with van der Waals surface area (Å²) >= 11 is 0. The van der Waals surface area contributed by atoms with Crippen molar-refractivity contribution in [2.24, 2.45) is 11.8 Å². The third-order valence-electron chi connectivity index (χ3n) is 14.9. The molecule has 20 nitrogen and oxygen atoms in total. The van der Waals surface area contributed by atoms with Crippen LogP contribution in [0.1, 0.15) is 112 Å². The fourth-order valence-corrected chi connectivity index (χ4v) is 11.0. The molecule has 3 aliphatic heterocycles. The number of cyclic esters (lactones) is 1. The largest absolute Gasteiger partial charge is 0.462 e. The van der Waals surface area contributed by atoms with E-state index >= 15 is 0 Å². The summed E-state index contributed by atoms with van der Waals surface area (Å²) < 4.78 is 55.6. The fraction of sp³-hybridized carbons (Fsp3) is 0.714. The second-order valence-electron chi connectivity index (χ2n) is 21.2. The molecule has 5 rings (SSSR count). The Labute approximate surface area is 448 Å². The van der Waals surface area contributed by atoms with Gasteiger partial charge in [0.1, 0.15) is 48.5 Å². The van der Waals surface area contributed by atoms with E-state index < -0.39 is 140 Å². The van der Waals surface area contributed by atoms with E-state index in [-0.39, 0.29) is 38.5 Å². The first-order valence-electron chi connectivity index (χ1n) is 26.8. The van der Waals surface area contributed by atoms with Crippen molar-refractivity contribution in [2.75, 3.05) is 34.8 Å². The van der Waals surface area contributed by atoms with Gasteiger partial charge in [-0.05, 0) is 110 Å². The van der Waals surface area contributed by atoms with Crippen LogP contribution in [0.5, 0.6) is 0 Å². The van der Waals surface area contributed by atoms with Crippen molar-refractivity contribution in [3.63, 3.8) is 0 Å². The monoisotopic (exact) mass is 1070 g/mol. The normalized spacial score (nSPS) is 35.5. The highest BCUT2D eigenvalue weighted by Crippen LogP contribution is 2.38. The van der Waals surface area contributed by atoms with Crippen molar-refractivity contribution < 1.29 is 81.9 Å². The van der Waals surface area contributed by atoms with Gasteiger partial charge in [0.15, 0.2) is 18.7 Å². The number of methoxy groups -OCH3 is 1. The number of likely N-dealkylation sites (N-methyl/N-ethyl adjacent to an activating group) is 2. The Morgan fingerprint density at radius 3 is 2.24 bits per heavy atom. The maximum absolute atomic E-state index is 14.1. The second-order valence-corrected chi connectivity index (χ2v) is 21.2. The Kier molecular flexibility index (Phi) is 23.7. The predicted molar refractivity (Wildman–Crippen MR) is 278 cm³/mol. The number of hydrogen-bond donors (Lipinski definition) is 3. The summed E-state index contributed by atoms with van der Waals surface area (Å²) in [5.41, 5.74) is 0.516. The molecule has 2 aromatic rings. The van der Waals surface area contributed by atoms with Crippen LogP contribution in [0, 0.1) is 11.8 Å². The molecule has 2 unspecified atom stereocenters. The standard InChI is InChI=1S/C56H85N3O17/c1-13-45(63)73-44-30-47(65)69-33(4)29-41(59(11)26-17-18-37-23-25-57-40-20-16-15-19-39(37)40)42(62)21-22-43(72-36(7)61)32(3)28-38(24-27-60)52(53(44)68-12)76-55-50(66)49(58(9)10)51(34(5)71-55)75-48-31-56(8,67)54(35(6)70-48)74-46(64)14-2/h15-16,19-23,25,27,32-35,38,41-44,48-55,62,66-67H,13-14,17-18,24,26,28-31H2,1-12H3/b22-21+/t32-,33-,34-,35+,38+,41?,42?,43+,44-,48+,49-,50-,51-,52+,53+,54+,55+,56-/m1/s1. The van der Waals surface area contributed by atoms with Gasteiger partial charge in [0.25, 0.3) is 0 Å². The molecule has 2 fully saturated rings. The maximum atomic E-state index is 14.1. The molecule has 0 amide bonds. The number of aromatic nitrogens is 1. The van der Waals surface area contributed by atoms with Gasteiger partial charge in [-0.2, -0.15) is 0 Å². The lowest BCUT2D eigenvalue weighted by Crippen LogP contribution is -2.66. The minimum absolute atomic E-state index is 0.0598. The van der Waals surface area contributed by atoms with Gasteiger partial charge in [-0.15, -0.1) is 0 Å². The van der Waals surface area contributed by atoms with Gasteiger partial charge >= 0.3 is 23.9 Å². The number of aliphatic hydroxyl groups excluding tert-OH is 2. The molecule has 426 valence electrons. The van der Waals surface area contributed by atoms with Crippen molar-refractivity contribution in [3.05, 3.63) is 54.2 Å². The number of aryl methyl sites for hydroxylation is 1. The number of nitrogens with zero attached hydrogens (tertiary/aromatic N) is 3. The number of aliphatic hydroxyl groups is 3. The quantitative estimate of drug-likeness (QED) is 0.0797. The van der Waals surface area contributed by atoms with E-state index in [0.717, 1.165) is 29.3 Å². The van der Waals surface area contributed by atoms with Crippen LogP contribution < -0.4 is 0 Å². The molecule has 2 saturated heterocycles. The van der Waals surface area contributed by atoms with Crippen LogP contribution in [-0.2, 0) is 73.0 Å². The molecule has 0 bridgehead atoms. The average molecular weight is 1070 g/mol. The zero-order chi connectivity index (χ0) is 56.0. The molecule has 0 radical (unpaired) electrons. The summed E-state index contributed by atoms with van der Waals surface area (Å²) in [5, 5.41) is 36.9. The Bertz CT molecular complexity index is 2220. The number of esters is 4. The van der Waals surface area contributed by atoms with Gasteiger partial charge in [-0.3, -0.25) is 24.2 Å². The van der Waals surface area contributed by atoms with Crippen LogP contribution in [0.15, 0.2) is 48.7 Å². The molecule has 1 aromatic heterocycles. The van der Waals surface area contributed by atoms with Crippen LogP contribution in [0.3, 0.4) is 0 Å². The highest BCUT2D eigenvalue weighted by Gasteiger charge is 2.53. The van der Waals surface area contributed by atoms with Crippen molar-refractivity contribution in [2.45, 2.75) is 211 Å². The molecule has 20 heteroatoms. The van der Waals surface area contributed by atoms with E-state index in [0.29, 0.717) is 12.8 Å². The molecule has 1 aromatic carbocycles. The molecular weight excluding hydrogens is 987 g/mol. The van der Waals surface area contributed by atoms with Gasteiger partial charge in [-0.1, -0.05) is 45.0 Å². The number of pyridine rings is 1. The molecule has 3 aliphatic rings. The summed E-state index contributed by atoms with van der Waals surface area (Å²) in [4.78, 5) is 73.4. The van der Waals surface area contributed by atoms with E-state index in [1.165, 1.54) is 14.0 Å². The molecule has 76 heavy (non-hydrogen) atoms. The van der Waals surface area contributed by atoms with E-state index in [1.807, 2.05) is 49.2 Å². The summed E-state index contributed by atoms with van der Waals surface area (Å²) in [6, 6.07) is 8.53. The second kappa shape index (κ2) is 28.9. The third-order valence-corrected chi connectivity index (χ3v) is 14.9. The Balaban J connectivity index is 1.47. The van der Waals surface area contributed by atoms with Crippen molar-refractivity contribution in [1.82, 2.24) is 14.8 Å². The van der Waals surface area contributed by atoms with Crippen molar-refractivity contribution in [3.8, 4) is 0 Å². The number of para-hydroxylation sites is 1.